The van der Waals surface area contributed by atoms with E-state index < -0.39 is 5.56 Å². The quantitative estimate of drug-likeness (QED) is 0.676. The van der Waals surface area contributed by atoms with Gasteiger partial charge >= 0.3 is 0 Å². The van der Waals surface area contributed by atoms with E-state index in [2.05, 4.69) is 10.1 Å². The summed E-state index contributed by atoms with van der Waals surface area (Å²) in [6, 6.07) is 4.99. The van der Waals surface area contributed by atoms with Crippen LogP contribution in [0, 0.1) is 6.92 Å². The van der Waals surface area contributed by atoms with E-state index in [0.717, 1.165) is 15.9 Å². The molecule has 2 aromatic heterocycles. The largest absolute Gasteiger partial charge is 0.295 e. The number of fused-ring (bicyclic) bond motifs is 1. The van der Waals surface area contributed by atoms with Crippen LogP contribution in [0.3, 0.4) is 0 Å². The number of thiazole rings is 1. The number of hydrogen-bond acceptors (Lipinski definition) is 5. The molecule has 3 rings (SSSR count). The number of aromatic nitrogens is 3. The van der Waals surface area contributed by atoms with Gasteiger partial charge in [-0.05, 0) is 30.7 Å². The molecule has 21 heavy (non-hydrogen) atoms. The summed E-state index contributed by atoms with van der Waals surface area (Å²) in [7, 11) is 0. The van der Waals surface area contributed by atoms with Gasteiger partial charge < -0.3 is 0 Å². The van der Waals surface area contributed by atoms with E-state index in [-0.39, 0.29) is 16.2 Å². The van der Waals surface area contributed by atoms with Crippen LogP contribution in [0.25, 0.3) is 11.0 Å². The van der Waals surface area contributed by atoms with Crippen LogP contribution >= 0.6 is 34.5 Å². The van der Waals surface area contributed by atoms with Crippen molar-refractivity contribution in [3.63, 3.8) is 0 Å². The Morgan fingerprint density at radius 1 is 1.29 bits per heavy atom. The summed E-state index contributed by atoms with van der Waals surface area (Å²) < 4.78 is 1.51. The molecule has 0 aliphatic carbocycles. The van der Waals surface area contributed by atoms with Crippen molar-refractivity contribution in [2.45, 2.75) is 6.92 Å². The lowest BCUT2D eigenvalue weighted by Crippen LogP contribution is -2.27. The van der Waals surface area contributed by atoms with Crippen molar-refractivity contribution in [3.8, 4) is 0 Å². The number of benzene rings is 1. The van der Waals surface area contributed by atoms with Crippen molar-refractivity contribution in [1.82, 2.24) is 14.6 Å². The summed E-state index contributed by atoms with van der Waals surface area (Å²) in [4.78, 5) is 27.8. The molecule has 5 nitrogen and oxygen atoms in total. The maximum Gasteiger partial charge on any atom is 0.295 e. The van der Waals surface area contributed by atoms with E-state index in [1.54, 1.807) is 24.3 Å². The van der Waals surface area contributed by atoms with Crippen molar-refractivity contribution < 1.29 is 0 Å². The molecule has 0 amide bonds. The van der Waals surface area contributed by atoms with E-state index >= 15 is 0 Å². The molecule has 1 aromatic carbocycles. The molecule has 0 N–H and O–H groups in total. The number of nitrogens with zero attached hydrogens (tertiary/aromatic N) is 3. The molecule has 3 aromatic rings. The number of rotatable bonds is 1. The first-order chi connectivity index (χ1) is 9.95. The van der Waals surface area contributed by atoms with Crippen LogP contribution in [0.2, 0.25) is 10.0 Å². The normalized spacial score (nSPS) is 12.2. The molecule has 0 saturated heterocycles. The van der Waals surface area contributed by atoms with Crippen LogP contribution in [0.15, 0.2) is 27.8 Å². The van der Waals surface area contributed by atoms with Gasteiger partial charge in [0.25, 0.3) is 11.1 Å². The molecule has 0 spiro atoms. The zero-order valence-corrected chi connectivity index (χ0v) is 13.0. The average molecular weight is 340 g/mol. The molecule has 0 bridgehead atoms. The fourth-order valence-electron chi connectivity index (χ4n) is 1.75. The number of aryl methyl sites for hydroxylation is 1. The number of halogens is 2. The van der Waals surface area contributed by atoms with Crippen molar-refractivity contribution in [2.75, 3.05) is 0 Å². The highest BCUT2D eigenvalue weighted by Gasteiger charge is 2.08. The van der Waals surface area contributed by atoms with E-state index in [9.17, 15) is 9.59 Å². The summed E-state index contributed by atoms with van der Waals surface area (Å²) in [6.07, 6.45) is 1.63. The van der Waals surface area contributed by atoms with Crippen molar-refractivity contribution in [1.29, 1.82) is 0 Å². The molecule has 2 heterocycles. The predicted octanol–water partition coefficient (Wildman–Crippen LogP) is 1.67. The van der Waals surface area contributed by atoms with Crippen LogP contribution < -0.4 is 15.7 Å². The highest BCUT2D eigenvalue weighted by molar-refractivity contribution is 7.15. The summed E-state index contributed by atoms with van der Waals surface area (Å²) in [5, 5.41) is 4.89. The second-order valence-corrected chi connectivity index (χ2v) is 6.13. The maximum absolute atomic E-state index is 12.2. The minimum Gasteiger partial charge on any atom is -0.266 e. The molecule has 0 aliphatic rings. The number of hydrogen-bond donors (Lipinski definition) is 0. The minimum atomic E-state index is -0.438. The summed E-state index contributed by atoms with van der Waals surface area (Å²) in [5.41, 5.74) is 0.0619. The molecular weight excluding hydrogens is 333 g/mol. The first-order valence-electron chi connectivity index (χ1n) is 5.83. The molecule has 0 unspecified atom stereocenters. The van der Waals surface area contributed by atoms with Gasteiger partial charge in [-0.3, -0.25) is 9.59 Å². The third kappa shape index (κ3) is 2.57. The lowest BCUT2D eigenvalue weighted by atomic mass is 10.2. The van der Waals surface area contributed by atoms with Gasteiger partial charge in [0.1, 0.15) is 5.69 Å². The summed E-state index contributed by atoms with van der Waals surface area (Å²) in [5.74, 6) is 0. The van der Waals surface area contributed by atoms with Crippen LogP contribution in [0.5, 0.6) is 0 Å². The molecule has 0 fully saturated rings. The van der Waals surface area contributed by atoms with Gasteiger partial charge in [-0.15, -0.1) is 0 Å². The third-order valence-electron chi connectivity index (χ3n) is 2.79. The van der Waals surface area contributed by atoms with E-state index in [1.807, 2.05) is 0 Å². The van der Waals surface area contributed by atoms with Gasteiger partial charge in [-0.1, -0.05) is 40.6 Å². The van der Waals surface area contributed by atoms with Gasteiger partial charge in [0.2, 0.25) is 4.96 Å². The Kier molecular flexibility index (Phi) is 3.52. The zero-order valence-electron chi connectivity index (χ0n) is 10.6. The molecule has 0 saturated carbocycles. The van der Waals surface area contributed by atoms with Crippen LogP contribution in [-0.4, -0.2) is 14.6 Å². The van der Waals surface area contributed by atoms with Gasteiger partial charge in [0.15, 0.2) is 0 Å². The zero-order chi connectivity index (χ0) is 15.1. The highest BCUT2D eigenvalue weighted by atomic mass is 35.5. The standard InChI is InChI=1S/C13H7Cl2N3O2S/c1-6-11(19)16-13-18(17-6)12(20)10(21-13)4-7-2-3-8(14)5-9(7)15/h2-5H,1H3/b10-4-. The molecule has 0 atom stereocenters. The van der Waals surface area contributed by atoms with Crippen molar-refractivity contribution in [3.05, 3.63) is 64.7 Å². The monoisotopic (exact) mass is 339 g/mol. The molecule has 0 aliphatic heterocycles. The van der Waals surface area contributed by atoms with Crippen LogP contribution in [0.1, 0.15) is 11.3 Å². The third-order valence-corrected chi connectivity index (χ3v) is 4.31. The molecule has 106 valence electrons. The Balaban J connectivity index is 2.30. The first kappa shape index (κ1) is 14.2. The fraction of sp³-hybridized carbons (Fsp3) is 0.0769. The van der Waals surface area contributed by atoms with Crippen molar-refractivity contribution >= 4 is 45.6 Å². The summed E-state index contributed by atoms with van der Waals surface area (Å²) >= 11 is 13.0. The summed E-state index contributed by atoms with van der Waals surface area (Å²) in [6.45, 7) is 1.51. The topological polar surface area (TPSA) is 64.3 Å². The van der Waals surface area contributed by atoms with E-state index in [0.29, 0.717) is 20.1 Å². The predicted molar refractivity (Wildman–Crippen MR) is 83.4 cm³/mol. The SMILES string of the molecule is Cc1nn2c(=O)/c(=C/c3ccc(Cl)cc3Cl)sc2nc1=O. The fourth-order valence-corrected chi connectivity index (χ4v) is 3.10. The lowest BCUT2D eigenvalue weighted by molar-refractivity contribution is 0.833. The highest BCUT2D eigenvalue weighted by Crippen LogP contribution is 2.21. The molecular formula is C13H7Cl2N3O2S. The van der Waals surface area contributed by atoms with Gasteiger partial charge in [0.05, 0.1) is 4.53 Å². The van der Waals surface area contributed by atoms with Gasteiger partial charge in [-0.2, -0.15) is 14.6 Å². The maximum atomic E-state index is 12.2. The minimum absolute atomic E-state index is 0.179. The van der Waals surface area contributed by atoms with Crippen LogP contribution in [0.4, 0.5) is 0 Å². The second kappa shape index (κ2) is 5.22. The van der Waals surface area contributed by atoms with E-state index in [4.69, 9.17) is 23.2 Å². The smallest absolute Gasteiger partial charge is 0.266 e. The lowest BCUT2D eigenvalue weighted by Gasteiger charge is -1.96. The Morgan fingerprint density at radius 3 is 2.76 bits per heavy atom. The molecule has 8 heteroatoms. The Morgan fingerprint density at radius 2 is 2.05 bits per heavy atom. The Hall–Kier alpha value is -1.76. The Bertz CT molecular complexity index is 1030. The second-order valence-electron chi connectivity index (χ2n) is 4.28. The van der Waals surface area contributed by atoms with E-state index in [1.165, 1.54) is 6.92 Å². The first-order valence-corrected chi connectivity index (χ1v) is 7.40. The van der Waals surface area contributed by atoms with Gasteiger partial charge in [-0.25, -0.2) is 0 Å². The van der Waals surface area contributed by atoms with Crippen LogP contribution in [-0.2, 0) is 0 Å². The Labute approximate surface area is 132 Å². The van der Waals surface area contributed by atoms with Crippen molar-refractivity contribution in [2.24, 2.45) is 0 Å². The molecule has 0 radical (unpaired) electrons. The van der Waals surface area contributed by atoms with Gasteiger partial charge in [0, 0.05) is 10.0 Å². The average Bonchev–Trinajstić information content (AvgIpc) is 2.71.